The number of benzene rings is 1. The van der Waals surface area contributed by atoms with Gasteiger partial charge < -0.3 is 24.3 Å². The molecule has 1 aromatic rings. The largest absolute Gasteiger partial charge is 0.493 e. The topological polar surface area (TPSA) is 63.4 Å². The van der Waals surface area contributed by atoms with Crippen molar-refractivity contribution in [3.63, 3.8) is 0 Å². The fraction of sp³-hybridized carbons (Fsp3) is 0.619. The van der Waals surface area contributed by atoms with Crippen LogP contribution < -0.4 is 9.47 Å². The maximum Gasteiger partial charge on any atom is 0.304 e. The number of carboxylic acids is 1. The molecule has 0 spiro atoms. The van der Waals surface area contributed by atoms with E-state index in [2.05, 4.69) is 9.74 Å². The van der Waals surface area contributed by atoms with Crippen LogP contribution in [0.5, 0.6) is 11.5 Å². The van der Waals surface area contributed by atoms with Crippen LogP contribution in [-0.2, 0) is 10.3 Å². The van der Waals surface area contributed by atoms with Crippen molar-refractivity contribution in [2.75, 3.05) is 26.7 Å². The summed E-state index contributed by atoms with van der Waals surface area (Å²) in [6, 6.07) is 5.87. The van der Waals surface area contributed by atoms with Crippen molar-refractivity contribution < 1.29 is 19.4 Å². The van der Waals surface area contributed by atoms with Crippen molar-refractivity contribution in [3.8, 4) is 11.5 Å². The Kier molecular flexibility index (Phi) is 6.22. The fourth-order valence-corrected chi connectivity index (χ4v) is 4.11. The molecule has 1 N–H and O–H groups in total. The van der Waals surface area contributed by atoms with E-state index >= 15 is 0 Å². The quantitative estimate of drug-likeness (QED) is 0.740. The molecule has 0 radical (unpaired) electrons. The molecule has 6 heteroatoms. The zero-order valence-corrected chi connectivity index (χ0v) is 15.9. The van der Waals surface area contributed by atoms with Crippen LogP contribution >= 0.6 is 0 Å². The van der Waals surface area contributed by atoms with Gasteiger partial charge in [-0.05, 0) is 43.9 Å². The van der Waals surface area contributed by atoms with Gasteiger partial charge in [0, 0.05) is 38.0 Å². The van der Waals surface area contributed by atoms with Gasteiger partial charge in [-0.2, -0.15) is 0 Å². The molecule has 6 nitrogen and oxygen atoms in total. The first-order valence-corrected chi connectivity index (χ1v) is 9.74. The molecule has 1 aromatic carbocycles. The van der Waals surface area contributed by atoms with Crippen LogP contribution in [0, 0.1) is 6.57 Å². The number of methoxy groups -OCH3 is 1. The predicted molar refractivity (Wildman–Crippen MR) is 102 cm³/mol. The van der Waals surface area contributed by atoms with Crippen LogP contribution in [0.4, 0.5) is 0 Å². The average molecular weight is 372 g/mol. The molecule has 1 saturated carbocycles. The van der Waals surface area contributed by atoms with E-state index < -0.39 is 11.5 Å². The van der Waals surface area contributed by atoms with Crippen molar-refractivity contribution in [3.05, 3.63) is 35.2 Å². The van der Waals surface area contributed by atoms with Gasteiger partial charge in [-0.15, -0.1) is 0 Å². The molecule has 0 atom stereocenters. The van der Waals surface area contributed by atoms with Crippen LogP contribution in [-0.4, -0.2) is 48.8 Å². The molecule has 1 heterocycles. The van der Waals surface area contributed by atoms with Crippen LogP contribution in [0.3, 0.4) is 0 Å². The normalized spacial score (nSPS) is 20.1. The number of piperidine rings is 1. The van der Waals surface area contributed by atoms with Gasteiger partial charge in [0.15, 0.2) is 11.5 Å². The Labute approximate surface area is 160 Å². The lowest BCUT2D eigenvalue weighted by atomic mass is 9.81. The predicted octanol–water partition coefficient (Wildman–Crippen LogP) is 3.70. The number of hydrogen-bond acceptors (Lipinski definition) is 4. The first-order chi connectivity index (χ1) is 13.1. The van der Waals surface area contributed by atoms with Crippen LogP contribution in [0.1, 0.15) is 50.5 Å². The second kappa shape index (κ2) is 8.62. The van der Waals surface area contributed by atoms with Gasteiger partial charge in [0.1, 0.15) is 0 Å². The van der Waals surface area contributed by atoms with E-state index in [-0.39, 0.29) is 12.5 Å². The Balaban J connectivity index is 1.75. The van der Waals surface area contributed by atoms with Gasteiger partial charge in [-0.3, -0.25) is 4.79 Å². The van der Waals surface area contributed by atoms with Gasteiger partial charge in [-0.25, -0.2) is 6.57 Å². The average Bonchev–Trinajstić information content (AvgIpc) is 3.20. The van der Waals surface area contributed by atoms with Gasteiger partial charge in [0.2, 0.25) is 0 Å². The van der Waals surface area contributed by atoms with Crippen molar-refractivity contribution in [2.24, 2.45) is 0 Å². The molecule has 2 aliphatic rings. The molecule has 0 unspecified atom stereocenters. The Morgan fingerprint density at radius 2 is 2.00 bits per heavy atom. The maximum atomic E-state index is 10.8. The second-order valence-corrected chi connectivity index (χ2v) is 7.52. The molecule has 1 saturated heterocycles. The minimum Gasteiger partial charge on any atom is -0.493 e. The Morgan fingerprint density at radius 3 is 2.59 bits per heavy atom. The van der Waals surface area contributed by atoms with Crippen molar-refractivity contribution in [1.82, 2.24) is 4.90 Å². The van der Waals surface area contributed by atoms with E-state index in [1.54, 1.807) is 7.11 Å². The molecule has 27 heavy (non-hydrogen) atoms. The summed E-state index contributed by atoms with van der Waals surface area (Å²) in [5.41, 5.74) is 0.406. The van der Waals surface area contributed by atoms with Gasteiger partial charge in [0.25, 0.3) is 5.54 Å². The number of carboxylic acid groups (broad SMARTS) is 1. The molecule has 0 bridgehead atoms. The number of nitrogens with zero attached hydrogens (tertiary/aromatic N) is 2. The SMILES string of the molecule is [C-]#[N+]C1(c2ccc(OC)c(OC3CCCC3)c2)CCN(CCC(=O)O)CC1. The fourth-order valence-electron chi connectivity index (χ4n) is 4.11. The standard InChI is InChI=1S/C21H28N2O4/c1-22-21(10-13-23(14-11-21)12-9-20(24)25)16-7-8-18(26-2)19(15-16)27-17-5-3-4-6-17/h7-8,15,17H,3-6,9-14H2,2H3,(H,24,25). The van der Waals surface area contributed by atoms with E-state index in [1.165, 1.54) is 12.8 Å². The van der Waals surface area contributed by atoms with E-state index in [1.807, 2.05) is 18.2 Å². The summed E-state index contributed by atoms with van der Waals surface area (Å²) in [5.74, 6) is 0.670. The van der Waals surface area contributed by atoms with Gasteiger partial charge in [-0.1, -0.05) is 0 Å². The third-order valence-electron chi connectivity index (χ3n) is 5.84. The van der Waals surface area contributed by atoms with E-state index in [0.29, 0.717) is 25.1 Å². The van der Waals surface area contributed by atoms with Crippen molar-refractivity contribution in [1.29, 1.82) is 0 Å². The molecule has 0 aromatic heterocycles. The summed E-state index contributed by atoms with van der Waals surface area (Å²) < 4.78 is 11.7. The summed E-state index contributed by atoms with van der Waals surface area (Å²) >= 11 is 0. The van der Waals surface area contributed by atoms with Crippen LogP contribution in [0.25, 0.3) is 4.85 Å². The summed E-state index contributed by atoms with van der Waals surface area (Å²) in [6.07, 6.45) is 6.31. The zero-order valence-electron chi connectivity index (χ0n) is 15.9. The van der Waals surface area contributed by atoms with Crippen LogP contribution in [0.2, 0.25) is 0 Å². The lowest BCUT2D eigenvalue weighted by molar-refractivity contribution is -0.137. The van der Waals surface area contributed by atoms with Crippen molar-refractivity contribution in [2.45, 2.75) is 56.6 Å². The Morgan fingerprint density at radius 1 is 1.30 bits per heavy atom. The monoisotopic (exact) mass is 372 g/mol. The summed E-state index contributed by atoms with van der Waals surface area (Å²) in [7, 11) is 1.64. The highest BCUT2D eigenvalue weighted by molar-refractivity contribution is 5.66. The molecule has 1 aliphatic heterocycles. The summed E-state index contributed by atoms with van der Waals surface area (Å²) in [6.45, 7) is 9.87. The number of rotatable bonds is 7. The maximum absolute atomic E-state index is 10.8. The first kappa shape index (κ1) is 19.5. The Hall–Kier alpha value is -2.26. The third-order valence-corrected chi connectivity index (χ3v) is 5.84. The number of carbonyl (C=O) groups is 1. The van der Waals surface area contributed by atoms with E-state index in [9.17, 15) is 4.79 Å². The molecule has 0 amide bonds. The smallest absolute Gasteiger partial charge is 0.304 e. The number of likely N-dealkylation sites (tertiary alicyclic amines) is 1. The zero-order chi connectivity index (χ0) is 19.3. The minimum absolute atomic E-state index is 0.146. The lowest BCUT2D eigenvalue weighted by Crippen LogP contribution is -2.41. The number of hydrogen-bond donors (Lipinski definition) is 1. The van der Waals surface area contributed by atoms with Crippen LogP contribution in [0.15, 0.2) is 18.2 Å². The molecule has 146 valence electrons. The van der Waals surface area contributed by atoms with Crippen molar-refractivity contribution >= 4 is 5.97 Å². The highest BCUT2D eigenvalue weighted by Gasteiger charge is 2.43. The molecule has 3 rings (SSSR count). The molecular weight excluding hydrogens is 344 g/mol. The summed E-state index contributed by atoms with van der Waals surface area (Å²) in [5, 5.41) is 8.87. The van der Waals surface area contributed by atoms with Gasteiger partial charge in [0.05, 0.1) is 19.6 Å². The van der Waals surface area contributed by atoms with Gasteiger partial charge >= 0.3 is 5.97 Å². The lowest BCUT2D eigenvalue weighted by Gasteiger charge is -2.34. The molecule has 2 fully saturated rings. The Bertz CT molecular complexity index is 699. The molecule has 1 aliphatic carbocycles. The third kappa shape index (κ3) is 4.54. The number of aliphatic carboxylic acids is 1. The molecular formula is C21H28N2O4. The summed E-state index contributed by atoms with van der Waals surface area (Å²) in [4.78, 5) is 16.9. The number of ether oxygens (including phenoxy) is 2. The highest BCUT2D eigenvalue weighted by atomic mass is 16.5. The van der Waals surface area contributed by atoms with E-state index in [0.717, 1.165) is 37.2 Å². The minimum atomic E-state index is -0.777. The van der Waals surface area contributed by atoms with E-state index in [4.69, 9.17) is 21.2 Å². The first-order valence-electron chi connectivity index (χ1n) is 9.74. The second-order valence-electron chi connectivity index (χ2n) is 7.52. The highest BCUT2D eigenvalue weighted by Crippen LogP contribution is 2.41.